The summed E-state index contributed by atoms with van der Waals surface area (Å²) < 4.78 is 12.1. The van der Waals surface area contributed by atoms with Gasteiger partial charge in [0.1, 0.15) is 0 Å². The van der Waals surface area contributed by atoms with Crippen molar-refractivity contribution in [3.8, 4) is 11.5 Å². The molecule has 1 N–H and O–H groups in total. The quantitative estimate of drug-likeness (QED) is 0.664. The highest BCUT2D eigenvalue weighted by atomic mass is 16.5. The molecule has 0 unspecified atom stereocenters. The van der Waals surface area contributed by atoms with Crippen molar-refractivity contribution >= 4 is 16.8 Å². The van der Waals surface area contributed by atoms with Crippen LogP contribution in [0.1, 0.15) is 37.3 Å². The lowest BCUT2D eigenvalue weighted by atomic mass is 10.1. The Hall–Kier alpha value is -3.12. The molecule has 0 saturated carbocycles. The largest absolute Gasteiger partial charge is 0.490 e. The van der Waals surface area contributed by atoms with Crippen LogP contribution in [0.2, 0.25) is 0 Å². The maximum atomic E-state index is 12.7. The highest BCUT2D eigenvalue weighted by Gasteiger charge is 2.18. The van der Waals surface area contributed by atoms with E-state index in [-0.39, 0.29) is 5.91 Å². The first-order valence-corrected chi connectivity index (χ1v) is 11.4. The topological polar surface area (TPSA) is 63.7 Å². The molecular weight excluding hydrogens is 402 g/mol. The third kappa shape index (κ3) is 5.56. The predicted octanol–water partition coefficient (Wildman–Crippen LogP) is 4.31. The number of fused-ring (bicyclic) bond motifs is 2. The van der Waals surface area contributed by atoms with Crippen molar-refractivity contribution in [1.29, 1.82) is 0 Å². The average Bonchev–Trinajstić information content (AvgIpc) is 2.81. The molecule has 0 atom stereocenters. The number of nitrogens with one attached hydrogen (secondary N) is 1. The Bertz CT molecular complexity index is 1050. The molecular formula is C26H31N3O3. The first kappa shape index (κ1) is 22.1. The highest BCUT2D eigenvalue weighted by molar-refractivity contribution is 5.82. The number of carbonyl (C=O) groups excluding carboxylic acids is 1. The van der Waals surface area contributed by atoms with Gasteiger partial charge in [-0.3, -0.25) is 14.7 Å². The molecule has 0 fully saturated rings. The lowest BCUT2D eigenvalue weighted by Crippen LogP contribution is -2.37. The van der Waals surface area contributed by atoms with E-state index >= 15 is 0 Å². The van der Waals surface area contributed by atoms with Crippen LogP contribution >= 0.6 is 0 Å². The normalized spacial score (nSPS) is 16.1. The SMILES string of the molecule is CCOc1cccc2c1OCCCCCNC(=O)CN(Cc1ccnc3ccccc13)C2. The molecule has 0 spiro atoms. The summed E-state index contributed by atoms with van der Waals surface area (Å²) in [7, 11) is 0. The van der Waals surface area contributed by atoms with Crippen molar-refractivity contribution in [2.75, 3.05) is 26.3 Å². The number of ether oxygens (including phenoxy) is 2. The summed E-state index contributed by atoms with van der Waals surface area (Å²) in [5.41, 5.74) is 3.14. The molecule has 3 aromatic rings. The van der Waals surface area contributed by atoms with Gasteiger partial charge in [-0.25, -0.2) is 0 Å². The molecule has 0 bridgehead atoms. The van der Waals surface area contributed by atoms with Crippen LogP contribution in [0.5, 0.6) is 11.5 Å². The van der Waals surface area contributed by atoms with Crippen molar-refractivity contribution in [3.63, 3.8) is 0 Å². The summed E-state index contributed by atoms with van der Waals surface area (Å²) in [5.74, 6) is 1.60. The zero-order valence-electron chi connectivity index (χ0n) is 18.7. The third-order valence-corrected chi connectivity index (χ3v) is 5.64. The monoisotopic (exact) mass is 433 g/mol. The molecule has 1 amide bonds. The zero-order valence-corrected chi connectivity index (χ0v) is 18.7. The molecule has 6 heteroatoms. The minimum absolute atomic E-state index is 0.0473. The van der Waals surface area contributed by atoms with Crippen molar-refractivity contribution in [2.24, 2.45) is 0 Å². The van der Waals surface area contributed by atoms with E-state index < -0.39 is 0 Å². The molecule has 0 saturated heterocycles. The Morgan fingerprint density at radius 3 is 2.88 bits per heavy atom. The number of aromatic nitrogens is 1. The summed E-state index contributed by atoms with van der Waals surface area (Å²) in [6.07, 6.45) is 4.74. The number of nitrogens with zero attached hydrogens (tertiary/aromatic N) is 2. The second-order valence-corrected chi connectivity index (χ2v) is 8.07. The molecule has 2 aromatic carbocycles. The summed E-state index contributed by atoms with van der Waals surface area (Å²) in [4.78, 5) is 19.3. The van der Waals surface area contributed by atoms with Gasteiger partial charge in [0.2, 0.25) is 5.91 Å². The van der Waals surface area contributed by atoms with E-state index in [2.05, 4.69) is 27.3 Å². The summed E-state index contributed by atoms with van der Waals surface area (Å²) in [6.45, 7) is 5.42. The van der Waals surface area contributed by atoms with E-state index in [0.717, 1.165) is 52.8 Å². The van der Waals surface area contributed by atoms with Crippen molar-refractivity contribution < 1.29 is 14.3 Å². The maximum absolute atomic E-state index is 12.7. The van der Waals surface area contributed by atoms with Crippen molar-refractivity contribution in [3.05, 3.63) is 65.9 Å². The van der Waals surface area contributed by atoms with Crippen LogP contribution in [0.4, 0.5) is 0 Å². The smallest absolute Gasteiger partial charge is 0.234 e. The van der Waals surface area contributed by atoms with Crippen LogP contribution in [0.3, 0.4) is 0 Å². The number of hydrogen-bond acceptors (Lipinski definition) is 5. The summed E-state index contributed by atoms with van der Waals surface area (Å²) >= 11 is 0. The average molecular weight is 434 g/mol. The summed E-state index contributed by atoms with van der Waals surface area (Å²) in [5, 5.41) is 4.18. The Morgan fingerprint density at radius 2 is 1.97 bits per heavy atom. The fourth-order valence-corrected chi connectivity index (χ4v) is 4.13. The molecule has 0 aliphatic carbocycles. The van der Waals surface area contributed by atoms with Gasteiger partial charge in [0.15, 0.2) is 11.5 Å². The summed E-state index contributed by atoms with van der Waals surface area (Å²) in [6, 6.07) is 16.2. The van der Waals surface area contributed by atoms with E-state index in [0.29, 0.717) is 39.4 Å². The number of pyridine rings is 1. The van der Waals surface area contributed by atoms with Crippen LogP contribution in [0.25, 0.3) is 10.9 Å². The molecule has 0 radical (unpaired) electrons. The predicted molar refractivity (Wildman–Crippen MR) is 126 cm³/mol. The highest BCUT2D eigenvalue weighted by Crippen LogP contribution is 2.33. The Labute approximate surface area is 189 Å². The Kier molecular flexibility index (Phi) is 7.56. The minimum Gasteiger partial charge on any atom is -0.490 e. The maximum Gasteiger partial charge on any atom is 0.234 e. The fraction of sp³-hybridized carbons (Fsp3) is 0.385. The molecule has 2 heterocycles. The van der Waals surface area contributed by atoms with Crippen LogP contribution in [0, 0.1) is 0 Å². The minimum atomic E-state index is 0.0473. The van der Waals surface area contributed by atoms with Crippen LogP contribution in [-0.4, -0.2) is 42.1 Å². The van der Waals surface area contributed by atoms with Gasteiger partial charge in [-0.05, 0) is 49.9 Å². The number of amides is 1. The van der Waals surface area contributed by atoms with E-state index in [4.69, 9.17) is 9.47 Å². The molecule has 4 rings (SSSR count). The lowest BCUT2D eigenvalue weighted by molar-refractivity contribution is -0.122. The first-order valence-electron chi connectivity index (χ1n) is 11.4. The molecule has 1 aromatic heterocycles. The van der Waals surface area contributed by atoms with E-state index in [1.54, 1.807) is 0 Å². The fourth-order valence-electron chi connectivity index (χ4n) is 4.13. The van der Waals surface area contributed by atoms with Crippen LogP contribution in [-0.2, 0) is 17.9 Å². The van der Waals surface area contributed by atoms with E-state index in [1.165, 1.54) is 0 Å². The number of benzene rings is 2. The van der Waals surface area contributed by atoms with Gasteiger partial charge in [-0.15, -0.1) is 0 Å². The molecule has 168 valence electrons. The van der Waals surface area contributed by atoms with Crippen molar-refractivity contribution in [1.82, 2.24) is 15.2 Å². The van der Waals surface area contributed by atoms with E-state index in [9.17, 15) is 4.79 Å². The molecule has 32 heavy (non-hydrogen) atoms. The standard InChI is InChI=1S/C26H31N3O3/c1-2-31-24-12-8-9-21-18-29(17-20-13-15-27-23-11-5-4-10-22(20)23)19-25(30)28-14-6-3-7-16-32-26(21)24/h4-5,8-13,15H,2-3,6-7,14,16-19H2,1H3,(H,28,30). The van der Waals surface area contributed by atoms with Gasteiger partial charge in [0.25, 0.3) is 0 Å². The Morgan fingerprint density at radius 1 is 1.06 bits per heavy atom. The molecule has 6 nitrogen and oxygen atoms in total. The van der Waals surface area contributed by atoms with Gasteiger partial charge in [0, 0.05) is 36.8 Å². The number of carbonyl (C=O) groups is 1. The second-order valence-electron chi connectivity index (χ2n) is 8.07. The van der Waals surface area contributed by atoms with Crippen LogP contribution in [0.15, 0.2) is 54.7 Å². The third-order valence-electron chi connectivity index (χ3n) is 5.64. The van der Waals surface area contributed by atoms with E-state index in [1.807, 2.05) is 49.5 Å². The van der Waals surface area contributed by atoms with Gasteiger partial charge < -0.3 is 14.8 Å². The van der Waals surface area contributed by atoms with Gasteiger partial charge in [-0.2, -0.15) is 0 Å². The second kappa shape index (κ2) is 11.0. The van der Waals surface area contributed by atoms with Gasteiger partial charge >= 0.3 is 0 Å². The van der Waals surface area contributed by atoms with Gasteiger partial charge in [0.05, 0.1) is 25.3 Å². The number of hydrogen-bond donors (Lipinski definition) is 1. The van der Waals surface area contributed by atoms with Crippen molar-refractivity contribution in [2.45, 2.75) is 39.3 Å². The number of para-hydroxylation sites is 2. The Balaban J connectivity index is 1.67. The molecule has 1 aliphatic rings. The number of rotatable bonds is 4. The first-order chi connectivity index (χ1) is 15.7. The van der Waals surface area contributed by atoms with Gasteiger partial charge in [-0.1, -0.05) is 30.3 Å². The van der Waals surface area contributed by atoms with Crippen LogP contribution < -0.4 is 14.8 Å². The molecule has 1 aliphatic heterocycles. The lowest BCUT2D eigenvalue weighted by Gasteiger charge is -2.24. The zero-order chi connectivity index (χ0) is 22.2.